The predicted octanol–water partition coefficient (Wildman–Crippen LogP) is 3.41. The number of anilines is 1. The summed E-state index contributed by atoms with van der Waals surface area (Å²) in [7, 11) is 1.56. The average molecular weight is 324 g/mol. The Morgan fingerprint density at radius 3 is 2.88 bits per heavy atom. The number of aryl methyl sites for hydroxylation is 2. The molecule has 2 aromatic heterocycles. The van der Waals surface area contributed by atoms with Gasteiger partial charge in [0.05, 0.1) is 18.1 Å². The number of imidazole rings is 1. The molecule has 0 aliphatic heterocycles. The highest BCUT2D eigenvalue weighted by Crippen LogP contribution is 2.21. The summed E-state index contributed by atoms with van der Waals surface area (Å²) in [6.45, 7) is 5.07. The van der Waals surface area contributed by atoms with Gasteiger partial charge in [0.15, 0.2) is 0 Å². The van der Waals surface area contributed by atoms with Crippen LogP contribution >= 0.6 is 0 Å². The lowest BCUT2D eigenvalue weighted by Crippen LogP contribution is -2.13. The summed E-state index contributed by atoms with van der Waals surface area (Å²) in [5.41, 5.74) is 2.95. The average Bonchev–Trinajstić information content (AvgIpc) is 2.90. The lowest BCUT2D eigenvalue weighted by molar-refractivity contribution is 0.102. The summed E-state index contributed by atoms with van der Waals surface area (Å²) in [4.78, 5) is 21.0. The summed E-state index contributed by atoms with van der Waals surface area (Å²) < 4.78 is 7.30. The number of pyridine rings is 1. The Balaban J connectivity index is 1.86. The Morgan fingerprint density at radius 1 is 1.29 bits per heavy atom. The van der Waals surface area contributed by atoms with Gasteiger partial charge in [0, 0.05) is 24.5 Å². The van der Waals surface area contributed by atoms with Crippen molar-refractivity contribution in [2.24, 2.45) is 0 Å². The van der Waals surface area contributed by atoms with Gasteiger partial charge in [0.1, 0.15) is 17.3 Å². The van der Waals surface area contributed by atoms with Crippen molar-refractivity contribution in [1.29, 1.82) is 0 Å². The molecule has 6 nitrogen and oxygen atoms in total. The van der Waals surface area contributed by atoms with E-state index in [1.807, 2.05) is 25.1 Å². The molecule has 0 spiro atoms. The van der Waals surface area contributed by atoms with Crippen molar-refractivity contribution in [2.75, 3.05) is 12.4 Å². The van der Waals surface area contributed by atoms with Gasteiger partial charge in [-0.15, -0.1) is 0 Å². The van der Waals surface area contributed by atoms with Gasteiger partial charge in [-0.3, -0.25) is 9.78 Å². The van der Waals surface area contributed by atoms with E-state index in [-0.39, 0.29) is 5.91 Å². The van der Waals surface area contributed by atoms with Crippen LogP contribution in [0.25, 0.3) is 11.0 Å². The third-order valence-corrected chi connectivity index (χ3v) is 3.84. The van der Waals surface area contributed by atoms with Gasteiger partial charge in [-0.25, -0.2) is 4.98 Å². The maximum Gasteiger partial charge on any atom is 0.274 e. The number of amides is 1. The number of carbonyl (C=O) groups is 1. The number of hydrogen-bond donors (Lipinski definition) is 1. The Hall–Kier alpha value is -2.89. The Morgan fingerprint density at radius 2 is 2.12 bits per heavy atom. The first-order valence-corrected chi connectivity index (χ1v) is 7.90. The first kappa shape index (κ1) is 16.0. The van der Waals surface area contributed by atoms with Crippen molar-refractivity contribution in [1.82, 2.24) is 14.5 Å². The number of methoxy groups -OCH3 is 1. The molecule has 24 heavy (non-hydrogen) atoms. The summed E-state index contributed by atoms with van der Waals surface area (Å²) in [6.07, 6.45) is 2.60. The monoisotopic (exact) mass is 324 g/mol. The van der Waals surface area contributed by atoms with E-state index in [0.717, 1.165) is 29.8 Å². The minimum absolute atomic E-state index is 0.280. The molecule has 1 aromatic carbocycles. The predicted molar refractivity (Wildman–Crippen MR) is 93.5 cm³/mol. The Bertz CT molecular complexity index is 886. The van der Waals surface area contributed by atoms with Crippen LogP contribution in [0, 0.1) is 6.92 Å². The summed E-state index contributed by atoms with van der Waals surface area (Å²) >= 11 is 0. The van der Waals surface area contributed by atoms with E-state index in [1.165, 1.54) is 0 Å². The van der Waals surface area contributed by atoms with Crippen LogP contribution in [0.5, 0.6) is 5.75 Å². The molecule has 6 heteroatoms. The highest BCUT2D eigenvalue weighted by atomic mass is 16.5. The van der Waals surface area contributed by atoms with Gasteiger partial charge in [-0.05, 0) is 37.6 Å². The zero-order chi connectivity index (χ0) is 17.1. The van der Waals surface area contributed by atoms with Gasteiger partial charge in [-0.2, -0.15) is 0 Å². The van der Waals surface area contributed by atoms with Gasteiger partial charge >= 0.3 is 0 Å². The zero-order valence-corrected chi connectivity index (χ0v) is 14.0. The van der Waals surface area contributed by atoms with Crippen molar-refractivity contribution in [3.8, 4) is 5.75 Å². The van der Waals surface area contributed by atoms with E-state index in [9.17, 15) is 4.79 Å². The number of nitrogens with zero attached hydrogens (tertiary/aromatic N) is 3. The molecule has 0 bridgehead atoms. The minimum atomic E-state index is -0.280. The number of nitrogens with one attached hydrogen (secondary N) is 1. The van der Waals surface area contributed by atoms with E-state index in [0.29, 0.717) is 17.1 Å². The third kappa shape index (κ3) is 3.08. The summed E-state index contributed by atoms with van der Waals surface area (Å²) in [5, 5.41) is 2.86. The van der Waals surface area contributed by atoms with Crippen LogP contribution in [0.1, 0.15) is 29.7 Å². The summed E-state index contributed by atoms with van der Waals surface area (Å²) in [5.74, 6) is 1.29. The maximum absolute atomic E-state index is 12.3. The van der Waals surface area contributed by atoms with Crippen LogP contribution in [-0.2, 0) is 6.54 Å². The normalized spacial score (nSPS) is 10.8. The molecule has 0 radical (unpaired) electrons. The first-order chi connectivity index (χ1) is 11.6. The van der Waals surface area contributed by atoms with Crippen LogP contribution in [0.15, 0.2) is 36.5 Å². The fourth-order valence-corrected chi connectivity index (χ4v) is 2.69. The molecular formula is C18H20N4O2. The number of carbonyl (C=O) groups excluding carboxylic acids is 1. The molecule has 1 amide bonds. The lowest BCUT2D eigenvalue weighted by Gasteiger charge is -2.07. The molecule has 0 atom stereocenters. The van der Waals surface area contributed by atoms with Gasteiger partial charge < -0.3 is 14.6 Å². The molecular weight excluding hydrogens is 304 g/mol. The van der Waals surface area contributed by atoms with E-state index in [4.69, 9.17) is 4.74 Å². The smallest absolute Gasteiger partial charge is 0.274 e. The molecule has 1 N–H and O–H groups in total. The highest BCUT2D eigenvalue weighted by molar-refractivity contribution is 6.03. The molecule has 3 aromatic rings. The number of ether oxygens (including phenoxy) is 1. The fourth-order valence-electron chi connectivity index (χ4n) is 2.69. The quantitative estimate of drug-likeness (QED) is 0.781. The van der Waals surface area contributed by atoms with Crippen LogP contribution < -0.4 is 10.1 Å². The van der Waals surface area contributed by atoms with E-state index in [1.54, 1.807) is 25.4 Å². The van der Waals surface area contributed by atoms with E-state index >= 15 is 0 Å². The molecule has 0 unspecified atom stereocenters. The Labute approximate surface area is 140 Å². The standard InChI is InChI=1S/C18H20N4O2/c1-4-9-22-12(2)20-15-10-13(5-6-17(15)22)21-18(23)16-11-14(24-3)7-8-19-16/h5-8,10-11H,4,9H2,1-3H3,(H,21,23). The molecule has 0 fully saturated rings. The molecule has 0 saturated heterocycles. The summed E-state index contributed by atoms with van der Waals surface area (Å²) in [6, 6.07) is 9.06. The zero-order valence-electron chi connectivity index (χ0n) is 14.0. The second-order valence-electron chi connectivity index (χ2n) is 5.55. The van der Waals surface area contributed by atoms with Gasteiger partial charge in [0.25, 0.3) is 5.91 Å². The number of rotatable bonds is 5. The van der Waals surface area contributed by atoms with E-state index < -0.39 is 0 Å². The third-order valence-electron chi connectivity index (χ3n) is 3.84. The lowest BCUT2D eigenvalue weighted by atomic mass is 10.2. The molecule has 0 aliphatic rings. The number of hydrogen-bond acceptors (Lipinski definition) is 4. The minimum Gasteiger partial charge on any atom is -0.497 e. The van der Waals surface area contributed by atoms with Gasteiger partial charge in [0.2, 0.25) is 0 Å². The van der Waals surface area contributed by atoms with Crippen LogP contribution in [-0.4, -0.2) is 27.6 Å². The number of aromatic nitrogens is 3. The molecule has 124 valence electrons. The topological polar surface area (TPSA) is 69.0 Å². The van der Waals surface area contributed by atoms with Crippen molar-refractivity contribution in [3.05, 3.63) is 48.0 Å². The van der Waals surface area contributed by atoms with Crippen LogP contribution in [0.2, 0.25) is 0 Å². The van der Waals surface area contributed by atoms with E-state index in [2.05, 4.69) is 26.8 Å². The van der Waals surface area contributed by atoms with Crippen LogP contribution in [0.3, 0.4) is 0 Å². The number of benzene rings is 1. The number of fused-ring (bicyclic) bond motifs is 1. The van der Waals surface area contributed by atoms with Crippen molar-refractivity contribution < 1.29 is 9.53 Å². The highest BCUT2D eigenvalue weighted by Gasteiger charge is 2.11. The fraction of sp³-hybridized carbons (Fsp3) is 0.278. The largest absolute Gasteiger partial charge is 0.497 e. The maximum atomic E-state index is 12.3. The van der Waals surface area contributed by atoms with Crippen molar-refractivity contribution in [3.63, 3.8) is 0 Å². The molecule has 3 rings (SSSR count). The molecule has 0 saturated carbocycles. The van der Waals surface area contributed by atoms with Gasteiger partial charge in [-0.1, -0.05) is 6.92 Å². The van der Waals surface area contributed by atoms with Crippen LogP contribution in [0.4, 0.5) is 5.69 Å². The Kier molecular flexibility index (Phi) is 4.46. The first-order valence-electron chi connectivity index (χ1n) is 7.90. The molecule has 0 aliphatic carbocycles. The second-order valence-corrected chi connectivity index (χ2v) is 5.55. The molecule has 2 heterocycles. The van der Waals surface area contributed by atoms with Crippen molar-refractivity contribution >= 4 is 22.6 Å². The van der Waals surface area contributed by atoms with Crippen molar-refractivity contribution in [2.45, 2.75) is 26.8 Å². The second kappa shape index (κ2) is 6.70. The SMILES string of the molecule is CCCn1c(C)nc2cc(NC(=O)c3cc(OC)ccn3)ccc21.